The number of hydrogen-bond acceptors (Lipinski definition) is 2. The maximum Gasteiger partial charge on any atom is 0.219 e. The maximum absolute atomic E-state index is 12.0. The second kappa shape index (κ2) is 33.6. The van der Waals surface area contributed by atoms with Crippen molar-refractivity contribution < 1.29 is 9.59 Å². The Morgan fingerprint density at radius 3 is 1.05 bits per heavy atom. The van der Waals surface area contributed by atoms with Crippen LogP contribution in [0.15, 0.2) is 24.3 Å². The third-order valence-corrected chi connectivity index (χ3v) is 7.58. The van der Waals surface area contributed by atoms with Crippen LogP contribution < -0.4 is 10.6 Å². The van der Waals surface area contributed by atoms with Crippen molar-refractivity contribution in [2.45, 2.75) is 181 Å². The minimum Gasteiger partial charge on any atom is -0.356 e. The lowest BCUT2D eigenvalue weighted by Gasteiger charge is -2.07. The Morgan fingerprint density at radius 2 is 0.700 bits per heavy atom. The predicted octanol–water partition coefficient (Wildman–Crippen LogP) is 10.5. The van der Waals surface area contributed by atoms with Crippen LogP contribution in [-0.2, 0) is 9.59 Å². The summed E-state index contributed by atoms with van der Waals surface area (Å²) >= 11 is 0. The Labute approximate surface area is 250 Å². The molecule has 0 aliphatic heterocycles. The standard InChI is InChI=1S/C36H68N2O2/c1-3-5-7-9-11-13-15-17-19-21-23-25-27-31-35(39)37-33-29-30-34-38-36(40)32-28-26-24-22-20-18-16-14-12-10-8-6-4-2/h13-16H,3-12,17-34H2,1-2H3,(H,37,39)(H,38,40)/b15-13-,16-14-. The molecule has 234 valence electrons. The Morgan fingerprint density at radius 1 is 0.400 bits per heavy atom. The van der Waals surface area contributed by atoms with E-state index in [2.05, 4.69) is 48.8 Å². The first-order valence-corrected chi connectivity index (χ1v) is 17.5. The van der Waals surface area contributed by atoms with Crippen molar-refractivity contribution in [3.8, 4) is 0 Å². The van der Waals surface area contributed by atoms with Gasteiger partial charge in [0.15, 0.2) is 0 Å². The van der Waals surface area contributed by atoms with Gasteiger partial charge in [-0.1, -0.05) is 115 Å². The second-order valence-corrected chi connectivity index (χ2v) is 11.7. The first kappa shape index (κ1) is 38.4. The van der Waals surface area contributed by atoms with Gasteiger partial charge < -0.3 is 10.6 Å². The van der Waals surface area contributed by atoms with Crippen molar-refractivity contribution in [2.75, 3.05) is 13.1 Å². The smallest absolute Gasteiger partial charge is 0.219 e. The Balaban J connectivity index is 3.32. The highest BCUT2D eigenvalue weighted by Crippen LogP contribution is 2.10. The van der Waals surface area contributed by atoms with Gasteiger partial charge in [-0.05, 0) is 77.0 Å². The molecule has 4 nitrogen and oxygen atoms in total. The first-order chi connectivity index (χ1) is 19.7. The average Bonchev–Trinajstić information content (AvgIpc) is 2.95. The van der Waals surface area contributed by atoms with Gasteiger partial charge in [0.05, 0.1) is 0 Å². The average molecular weight is 561 g/mol. The number of hydrogen-bond donors (Lipinski definition) is 2. The van der Waals surface area contributed by atoms with Gasteiger partial charge in [-0.25, -0.2) is 0 Å². The van der Waals surface area contributed by atoms with Gasteiger partial charge in [-0.2, -0.15) is 0 Å². The molecule has 0 aromatic rings. The van der Waals surface area contributed by atoms with Gasteiger partial charge in [0, 0.05) is 25.9 Å². The number of carbonyl (C=O) groups excluding carboxylic acids is 2. The van der Waals surface area contributed by atoms with E-state index in [0.29, 0.717) is 25.9 Å². The quantitative estimate of drug-likeness (QED) is 0.0654. The topological polar surface area (TPSA) is 58.2 Å². The molecule has 0 rings (SSSR count). The zero-order chi connectivity index (χ0) is 29.2. The van der Waals surface area contributed by atoms with Crippen molar-refractivity contribution >= 4 is 11.8 Å². The number of rotatable bonds is 31. The van der Waals surface area contributed by atoms with Crippen molar-refractivity contribution in [1.29, 1.82) is 0 Å². The molecule has 4 heteroatoms. The molecule has 2 N–H and O–H groups in total. The van der Waals surface area contributed by atoms with Gasteiger partial charge in [0.25, 0.3) is 0 Å². The van der Waals surface area contributed by atoms with Crippen LogP contribution in [0.3, 0.4) is 0 Å². The fourth-order valence-corrected chi connectivity index (χ4v) is 4.89. The lowest BCUT2D eigenvalue weighted by Crippen LogP contribution is -2.27. The lowest BCUT2D eigenvalue weighted by molar-refractivity contribution is -0.122. The molecule has 0 spiro atoms. The number of nitrogens with one attached hydrogen (secondary N) is 2. The molecule has 0 atom stereocenters. The molecule has 0 radical (unpaired) electrons. The highest BCUT2D eigenvalue weighted by atomic mass is 16.2. The van der Waals surface area contributed by atoms with Crippen molar-refractivity contribution in [2.24, 2.45) is 0 Å². The molecule has 0 aromatic heterocycles. The SMILES string of the molecule is CCCCCC/C=C\CCCCCCCC(=O)NCCCCNC(=O)CCCCCCC/C=C\CCCCCC. The molecule has 40 heavy (non-hydrogen) atoms. The van der Waals surface area contributed by atoms with E-state index in [1.807, 2.05) is 0 Å². The first-order valence-electron chi connectivity index (χ1n) is 17.5. The van der Waals surface area contributed by atoms with E-state index in [4.69, 9.17) is 0 Å². The van der Waals surface area contributed by atoms with Crippen LogP contribution in [0.4, 0.5) is 0 Å². The zero-order valence-corrected chi connectivity index (χ0v) is 26.9. The predicted molar refractivity (Wildman–Crippen MR) is 176 cm³/mol. The second-order valence-electron chi connectivity index (χ2n) is 11.7. The number of carbonyl (C=O) groups is 2. The third-order valence-electron chi connectivity index (χ3n) is 7.58. The number of amides is 2. The van der Waals surface area contributed by atoms with E-state index < -0.39 is 0 Å². The molecule has 0 bridgehead atoms. The van der Waals surface area contributed by atoms with E-state index in [1.165, 1.54) is 116 Å². The van der Waals surface area contributed by atoms with Gasteiger partial charge in [-0.3, -0.25) is 9.59 Å². The third kappa shape index (κ3) is 32.6. The number of allylic oxidation sites excluding steroid dienone is 4. The molecule has 0 heterocycles. The summed E-state index contributed by atoms with van der Waals surface area (Å²) in [5.41, 5.74) is 0. The minimum absolute atomic E-state index is 0.175. The van der Waals surface area contributed by atoms with Crippen molar-refractivity contribution in [3.63, 3.8) is 0 Å². The van der Waals surface area contributed by atoms with E-state index >= 15 is 0 Å². The highest BCUT2D eigenvalue weighted by Gasteiger charge is 2.02. The molecule has 0 saturated carbocycles. The fraction of sp³-hybridized carbons (Fsp3) is 0.833. The summed E-state index contributed by atoms with van der Waals surface area (Å²) in [4.78, 5) is 24.0. The molecular formula is C36H68N2O2. The molecule has 0 aliphatic carbocycles. The Hall–Kier alpha value is -1.58. The Kier molecular flexibility index (Phi) is 32.3. The fourth-order valence-electron chi connectivity index (χ4n) is 4.89. The summed E-state index contributed by atoms with van der Waals surface area (Å²) in [6.45, 7) is 5.95. The van der Waals surface area contributed by atoms with Crippen LogP contribution >= 0.6 is 0 Å². The highest BCUT2D eigenvalue weighted by molar-refractivity contribution is 5.76. The van der Waals surface area contributed by atoms with Crippen molar-refractivity contribution in [3.05, 3.63) is 24.3 Å². The maximum atomic E-state index is 12.0. The molecule has 0 saturated heterocycles. The summed E-state index contributed by atoms with van der Waals surface area (Å²) < 4.78 is 0. The molecular weight excluding hydrogens is 492 g/mol. The van der Waals surface area contributed by atoms with Crippen LogP contribution in [0.5, 0.6) is 0 Å². The molecule has 0 fully saturated rings. The molecule has 0 unspecified atom stereocenters. The zero-order valence-electron chi connectivity index (χ0n) is 26.9. The van der Waals surface area contributed by atoms with Gasteiger partial charge in [-0.15, -0.1) is 0 Å². The normalized spacial score (nSPS) is 11.6. The largest absolute Gasteiger partial charge is 0.356 e. The summed E-state index contributed by atoms with van der Waals surface area (Å²) in [7, 11) is 0. The molecule has 0 aromatic carbocycles. The summed E-state index contributed by atoms with van der Waals surface area (Å²) in [5.74, 6) is 0.349. The van der Waals surface area contributed by atoms with E-state index in [0.717, 1.165) is 38.5 Å². The van der Waals surface area contributed by atoms with Crippen LogP contribution in [-0.4, -0.2) is 24.9 Å². The van der Waals surface area contributed by atoms with Crippen LogP contribution in [0.1, 0.15) is 181 Å². The Bertz CT molecular complexity index is 548. The summed E-state index contributed by atoms with van der Waals surface area (Å²) in [6.07, 6.45) is 40.0. The van der Waals surface area contributed by atoms with Gasteiger partial charge >= 0.3 is 0 Å². The lowest BCUT2D eigenvalue weighted by atomic mass is 10.1. The van der Waals surface area contributed by atoms with Crippen molar-refractivity contribution in [1.82, 2.24) is 10.6 Å². The van der Waals surface area contributed by atoms with Gasteiger partial charge in [0.1, 0.15) is 0 Å². The van der Waals surface area contributed by atoms with E-state index in [-0.39, 0.29) is 11.8 Å². The van der Waals surface area contributed by atoms with Crippen LogP contribution in [0, 0.1) is 0 Å². The number of unbranched alkanes of at least 4 members (excludes halogenated alkanes) is 19. The van der Waals surface area contributed by atoms with Crippen LogP contribution in [0.2, 0.25) is 0 Å². The monoisotopic (exact) mass is 561 g/mol. The molecule has 2 amide bonds. The molecule has 0 aliphatic rings. The van der Waals surface area contributed by atoms with Crippen LogP contribution in [0.25, 0.3) is 0 Å². The summed E-state index contributed by atoms with van der Waals surface area (Å²) in [5, 5.41) is 6.06. The van der Waals surface area contributed by atoms with Gasteiger partial charge in [0.2, 0.25) is 11.8 Å². The van der Waals surface area contributed by atoms with E-state index in [9.17, 15) is 9.59 Å². The van der Waals surface area contributed by atoms with E-state index in [1.54, 1.807) is 0 Å². The summed E-state index contributed by atoms with van der Waals surface area (Å²) in [6, 6.07) is 0. The minimum atomic E-state index is 0.175.